The summed E-state index contributed by atoms with van der Waals surface area (Å²) in [7, 11) is 0. The molecular weight excluding hydrogens is 600 g/mol. The van der Waals surface area contributed by atoms with Crippen LogP contribution in [-0.4, -0.2) is 22.6 Å². The summed E-state index contributed by atoms with van der Waals surface area (Å²) in [5.74, 6) is 1.46. The van der Waals surface area contributed by atoms with Crippen LogP contribution >= 0.6 is 39.3 Å². The molecule has 1 fully saturated rings. The van der Waals surface area contributed by atoms with E-state index in [1.165, 1.54) is 11.8 Å². The molecule has 1 saturated heterocycles. The monoisotopic (exact) mass is 622 g/mol. The van der Waals surface area contributed by atoms with Crippen molar-refractivity contribution in [1.29, 1.82) is 0 Å². The van der Waals surface area contributed by atoms with Gasteiger partial charge in [0.05, 0.1) is 35.0 Å². The molecule has 5 rings (SSSR count). The average molecular weight is 624 g/mol. The first-order chi connectivity index (χ1) is 19.0. The molecule has 0 unspecified atom stereocenters. The number of aliphatic imine (C=N–C) groups is 1. The first-order valence-electron chi connectivity index (χ1n) is 12.2. The molecule has 4 aromatic rings. The number of halogens is 2. The summed E-state index contributed by atoms with van der Waals surface area (Å²) < 4.78 is 18.4. The van der Waals surface area contributed by atoms with E-state index in [1.807, 2.05) is 73.7 Å². The van der Waals surface area contributed by atoms with Crippen molar-refractivity contribution in [3.05, 3.63) is 116 Å². The Bertz CT molecular complexity index is 1510. The molecule has 198 valence electrons. The Morgan fingerprint density at radius 3 is 2.56 bits per heavy atom. The fourth-order valence-corrected chi connectivity index (χ4v) is 5.40. The van der Waals surface area contributed by atoms with E-state index in [1.54, 1.807) is 29.4 Å². The van der Waals surface area contributed by atoms with E-state index in [0.717, 1.165) is 15.7 Å². The van der Waals surface area contributed by atoms with Crippen molar-refractivity contribution in [2.75, 3.05) is 6.61 Å². The average Bonchev–Trinajstić information content (AvgIpc) is 3.54. The van der Waals surface area contributed by atoms with Crippen LogP contribution in [0, 0.1) is 0 Å². The number of amides is 1. The van der Waals surface area contributed by atoms with Gasteiger partial charge in [-0.15, -0.1) is 0 Å². The standard InChI is InChI=1S/C30H24BrClN2O4S/c1-2-36-26-16-21(15-25(32)28(26)38-19-20-10-12-22(31)13-11-20)17-27-29(35)34(18-24-9-6-14-37-24)30(39-27)33-23-7-4-3-5-8-23/h3-17H,2,18-19H2,1H3/b27-17-,33-30?. The molecule has 1 amide bonds. The van der Waals surface area contributed by atoms with Crippen LogP contribution < -0.4 is 9.47 Å². The first kappa shape index (κ1) is 27.1. The molecule has 6 nitrogen and oxygen atoms in total. The lowest BCUT2D eigenvalue weighted by atomic mass is 10.1. The number of amidine groups is 1. The predicted molar refractivity (Wildman–Crippen MR) is 159 cm³/mol. The lowest BCUT2D eigenvalue weighted by Crippen LogP contribution is -2.28. The van der Waals surface area contributed by atoms with Gasteiger partial charge in [0.15, 0.2) is 16.7 Å². The summed E-state index contributed by atoms with van der Waals surface area (Å²) in [5, 5.41) is 0.963. The molecule has 1 aliphatic heterocycles. The van der Waals surface area contributed by atoms with E-state index in [9.17, 15) is 4.79 Å². The van der Waals surface area contributed by atoms with Crippen molar-refractivity contribution < 1.29 is 18.7 Å². The van der Waals surface area contributed by atoms with Crippen molar-refractivity contribution in [3.63, 3.8) is 0 Å². The summed E-state index contributed by atoms with van der Waals surface area (Å²) in [6.45, 7) is 2.94. The molecule has 1 aromatic heterocycles. The molecule has 0 spiro atoms. The van der Waals surface area contributed by atoms with Crippen LogP contribution in [0.5, 0.6) is 11.5 Å². The summed E-state index contributed by atoms with van der Waals surface area (Å²) in [6.07, 6.45) is 3.38. The van der Waals surface area contributed by atoms with Gasteiger partial charge < -0.3 is 13.9 Å². The number of benzene rings is 3. The number of para-hydroxylation sites is 1. The van der Waals surface area contributed by atoms with E-state index in [0.29, 0.717) is 51.1 Å². The highest BCUT2D eigenvalue weighted by Gasteiger charge is 2.34. The van der Waals surface area contributed by atoms with Gasteiger partial charge in [-0.3, -0.25) is 9.69 Å². The molecule has 0 saturated carbocycles. The van der Waals surface area contributed by atoms with Gasteiger partial charge in [-0.25, -0.2) is 4.99 Å². The van der Waals surface area contributed by atoms with Crippen molar-refractivity contribution in [2.24, 2.45) is 4.99 Å². The van der Waals surface area contributed by atoms with Gasteiger partial charge >= 0.3 is 0 Å². The van der Waals surface area contributed by atoms with Crippen molar-refractivity contribution >= 4 is 62.1 Å². The predicted octanol–water partition coefficient (Wildman–Crippen LogP) is 8.48. The Labute approximate surface area is 244 Å². The number of hydrogen-bond donors (Lipinski definition) is 0. The number of nitrogens with zero attached hydrogens (tertiary/aromatic N) is 2. The molecule has 0 radical (unpaired) electrons. The van der Waals surface area contributed by atoms with Crippen LogP contribution in [0.1, 0.15) is 23.8 Å². The lowest BCUT2D eigenvalue weighted by Gasteiger charge is -2.15. The highest BCUT2D eigenvalue weighted by atomic mass is 79.9. The van der Waals surface area contributed by atoms with Crippen LogP contribution in [0.2, 0.25) is 5.02 Å². The highest BCUT2D eigenvalue weighted by molar-refractivity contribution is 9.10. The minimum absolute atomic E-state index is 0.171. The van der Waals surface area contributed by atoms with Gasteiger partial charge in [0.25, 0.3) is 5.91 Å². The maximum Gasteiger partial charge on any atom is 0.267 e. The number of thioether (sulfide) groups is 1. The van der Waals surface area contributed by atoms with E-state index in [2.05, 4.69) is 15.9 Å². The van der Waals surface area contributed by atoms with E-state index in [4.69, 9.17) is 30.5 Å². The zero-order valence-corrected chi connectivity index (χ0v) is 24.1. The Kier molecular flexibility index (Phi) is 8.76. The normalized spacial score (nSPS) is 15.4. The van der Waals surface area contributed by atoms with Crippen molar-refractivity contribution in [3.8, 4) is 11.5 Å². The molecule has 9 heteroatoms. The van der Waals surface area contributed by atoms with Gasteiger partial charge in [-0.2, -0.15) is 0 Å². The maximum absolute atomic E-state index is 13.5. The van der Waals surface area contributed by atoms with E-state index < -0.39 is 0 Å². The fraction of sp³-hybridized carbons (Fsp3) is 0.133. The second-order valence-corrected chi connectivity index (χ2v) is 10.8. The largest absolute Gasteiger partial charge is 0.490 e. The second-order valence-electron chi connectivity index (χ2n) is 8.49. The minimum Gasteiger partial charge on any atom is -0.490 e. The van der Waals surface area contributed by atoms with Crippen molar-refractivity contribution in [1.82, 2.24) is 4.90 Å². The van der Waals surface area contributed by atoms with E-state index in [-0.39, 0.29) is 12.5 Å². The molecule has 3 aromatic carbocycles. The number of ether oxygens (including phenoxy) is 2. The van der Waals surface area contributed by atoms with Crippen LogP contribution in [0.4, 0.5) is 5.69 Å². The third kappa shape index (κ3) is 6.76. The van der Waals surface area contributed by atoms with Gasteiger partial charge in [0.1, 0.15) is 12.4 Å². The number of carbonyl (C=O) groups excluding carboxylic acids is 1. The quantitative estimate of drug-likeness (QED) is 0.175. The number of rotatable bonds is 9. The summed E-state index contributed by atoms with van der Waals surface area (Å²) in [6, 6.07) is 24.6. The topological polar surface area (TPSA) is 64.3 Å². The fourth-order valence-electron chi connectivity index (χ4n) is 3.86. The molecule has 39 heavy (non-hydrogen) atoms. The van der Waals surface area contributed by atoms with Crippen molar-refractivity contribution in [2.45, 2.75) is 20.1 Å². The highest BCUT2D eigenvalue weighted by Crippen LogP contribution is 2.40. The zero-order valence-electron chi connectivity index (χ0n) is 21.0. The molecule has 0 N–H and O–H groups in total. The Morgan fingerprint density at radius 1 is 1.05 bits per heavy atom. The SMILES string of the molecule is CCOc1cc(/C=C2\SC(=Nc3ccccc3)N(Cc3ccco3)C2=O)cc(Cl)c1OCc1ccc(Br)cc1. The van der Waals surface area contributed by atoms with Gasteiger partial charge in [0.2, 0.25) is 0 Å². The molecular formula is C30H24BrClN2O4S. The van der Waals surface area contributed by atoms with Crippen LogP contribution in [0.3, 0.4) is 0 Å². The van der Waals surface area contributed by atoms with Gasteiger partial charge in [-0.05, 0) is 84.4 Å². The Morgan fingerprint density at radius 2 is 1.85 bits per heavy atom. The minimum atomic E-state index is -0.171. The molecule has 2 heterocycles. The Balaban J connectivity index is 1.44. The maximum atomic E-state index is 13.5. The third-order valence-corrected chi connectivity index (χ3v) is 7.51. The van der Waals surface area contributed by atoms with Crippen LogP contribution in [0.25, 0.3) is 6.08 Å². The molecule has 0 atom stereocenters. The summed E-state index contributed by atoms with van der Waals surface area (Å²) >= 11 is 11.4. The number of furan rings is 1. The third-order valence-electron chi connectivity index (χ3n) is 5.69. The first-order valence-corrected chi connectivity index (χ1v) is 14.2. The number of carbonyl (C=O) groups is 1. The number of hydrogen-bond acceptors (Lipinski definition) is 6. The molecule has 0 aliphatic carbocycles. The zero-order chi connectivity index (χ0) is 27.2. The van der Waals surface area contributed by atoms with Crippen LogP contribution in [0.15, 0.2) is 104 Å². The van der Waals surface area contributed by atoms with Gasteiger partial charge in [-0.1, -0.05) is 57.9 Å². The molecule has 1 aliphatic rings. The second kappa shape index (κ2) is 12.6. The smallest absolute Gasteiger partial charge is 0.267 e. The van der Waals surface area contributed by atoms with Gasteiger partial charge in [0, 0.05) is 4.47 Å². The summed E-state index contributed by atoms with van der Waals surface area (Å²) in [4.78, 5) is 20.4. The Hall–Kier alpha value is -3.46. The molecule has 0 bridgehead atoms. The lowest BCUT2D eigenvalue weighted by molar-refractivity contribution is -0.122. The van der Waals surface area contributed by atoms with Crippen LogP contribution in [-0.2, 0) is 17.9 Å². The van der Waals surface area contributed by atoms with E-state index >= 15 is 0 Å². The summed E-state index contributed by atoms with van der Waals surface area (Å²) in [5.41, 5.74) is 2.47.